The van der Waals surface area contributed by atoms with E-state index in [1.165, 1.54) is 39.2 Å². The molecule has 12 unspecified atom stereocenters. The molecule has 56 heavy (non-hydrogen) atoms. The van der Waals surface area contributed by atoms with E-state index in [1.807, 2.05) is 0 Å². The monoisotopic (exact) mass is 798 g/mol. The number of nitrogens with one attached hydrogen (secondary N) is 2. The van der Waals surface area contributed by atoms with Crippen molar-refractivity contribution in [1.82, 2.24) is 5.32 Å². The van der Waals surface area contributed by atoms with Gasteiger partial charge in [0, 0.05) is 50.2 Å². The predicted molar refractivity (Wildman–Crippen MR) is 202 cm³/mol. The number of hydrogen-bond donors (Lipinski definition) is 11. The second-order valence-corrected chi connectivity index (χ2v) is 18.0. The van der Waals surface area contributed by atoms with Gasteiger partial charge in [-0.05, 0) is 49.9 Å². The highest BCUT2D eigenvalue weighted by Crippen LogP contribution is 2.53. The average molecular weight is 798 g/mol. The van der Waals surface area contributed by atoms with Crippen molar-refractivity contribution in [2.45, 2.75) is 138 Å². The number of guanidine groups is 1. The molecule has 2 aliphatic heterocycles. The molecule has 6 fully saturated rings. The number of ether oxygens (including phenoxy) is 3. The molecule has 0 bridgehead atoms. The van der Waals surface area contributed by atoms with Crippen molar-refractivity contribution in [2.24, 2.45) is 64.7 Å². The molecule has 4 aliphatic carbocycles. The summed E-state index contributed by atoms with van der Waals surface area (Å²) < 4.78 is 18.2. The third-order valence-corrected chi connectivity index (χ3v) is 15.0. The fourth-order valence-corrected chi connectivity index (χ4v) is 11.7. The van der Waals surface area contributed by atoms with Crippen molar-refractivity contribution in [3.05, 3.63) is 0 Å². The second kappa shape index (κ2) is 19.0. The number of ketones is 2. The van der Waals surface area contributed by atoms with Crippen molar-refractivity contribution in [2.75, 3.05) is 40.5 Å². The van der Waals surface area contributed by atoms with E-state index in [2.05, 4.69) is 15.6 Å². The molecule has 0 aromatic heterocycles. The van der Waals surface area contributed by atoms with Gasteiger partial charge in [-0.15, -0.1) is 0 Å². The number of carbonyl (C=O) groups is 2. The molecule has 0 aromatic rings. The maximum atomic E-state index is 14.9. The lowest BCUT2D eigenvalue weighted by Crippen LogP contribution is -2.94. The number of aliphatic hydroxyl groups is 6. The molecule has 14 N–H and O–H groups in total. The topological polar surface area (TPSA) is 278 Å². The molecule has 17 atom stereocenters. The third kappa shape index (κ3) is 8.86. The maximum absolute atomic E-state index is 14.9. The minimum absolute atomic E-state index is 0.0436. The molecule has 0 amide bonds. The number of carbonyl (C=O) groups excluding carboxylic acids is 2. The van der Waals surface area contributed by atoms with E-state index in [0.717, 1.165) is 32.2 Å². The second-order valence-electron chi connectivity index (χ2n) is 18.0. The molecule has 0 aromatic carbocycles. The van der Waals surface area contributed by atoms with Crippen LogP contribution in [0.5, 0.6) is 0 Å². The number of hydrogen-bond acceptors (Lipinski definition) is 12. The van der Waals surface area contributed by atoms with Crippen LogP contribution in [-0.4, -0.2) is 143 Å². The van der Waals surface area contributed by atoms with Gasteiger partial charge in [0.25, 0.3) is 0 Å². The zero-order valence-electron chi connectivity index (χ0n) is 33.3. The Morgan fingerprint density at radius 1 is 0.911 bits per heavy atom. The Bertz CT molecular complexity index is 1350. The van der Waals surface area contributed by atoms with Crippen molar-refractivity contribution in [1.29, 1.82) is 0 Å². The first-order valence-corrected chi connectivity index (χ1v) is 21.4. The SMILES string of the molecule is C[NH+]=C(N)NCC1C(CCC2CCCCC2)CC2C(=O)C3C(CO)C(OC)CC(O[C@H]4O[C@H](CO)[C@](O)(CCC5CC[NH2+]C(N)C5)[C@H](O)[C@H]4O)C3C(=O)C2C1O. The Labute approximate surface area is 330 Å². The molecule has 320 valence electrons. The molecular weight excluding hydrogens is 726 g/mol. The molecule has 2 heterocycles. The van der Waals surface area contributed by atoms with Crippen LogP contribution in [0.2, 0.25) is 0 Å². The van der Waals surface area contributed by atoms with Gasteiger partial charge in [-0.1, -0.05) is 38.5 Å². The zero-order chi connectivity index (χ0) is 40.3. The predicted octanol–water partition coefficient (Wildman–Crippen LogP) is -3.80. The van der Waals surface area contributed by atoms with E-state index in [9.17, 15) is 40.2 Å². The summed E-state index contributed by atoms with van der Waals surface area (Å²) in [6.07, 6.45) is 1.02. The van der Waals surface area contributed by atoms with Crippen molar-refractivity contribution < 1.29 is 64.7 Å². The van der Waals surface area contributed by atoms with Gasteiger partial charge in [0.05, 0.1) is 56.9 Å². The third-order valence-electron chi connectivity index (χ3n) is 15.0. The zero-order valence-corrected chi connectivity index (χ0v) is 33.3. The van der Waals surface area contributed by atoms with Gasteiger partial charge in [-0.2, -0.15) is 0 Å². The summed E-state index contributed by atoms with van der Waals surface area (Å²) in [6, 6.07) is 0. The highest BCUT2D eigenvalue weighted by molar-refractivity contribution is 6.01. The lowest BCUT2D eigenvalue weighted by molar-refractivity contribution is -0.699. The molecule has 16 heteroatoms. The van der Waals surface area contributed by atoms with E-state index >= 15 is 0 Å². The van der Waals surface area contributed by atoms with Gasteiger partial charge < -0.3 is 50.2 Å². The van der Waals surface area contributed by atoms with Gasteiger partial charge in [-0.3, -0.25) is 31.4 Å². The number of piperidine rings is 1. The summed E-state index contributed by atoms with van der Waals surface area (Å²) in [5.41, 5.74) is 10.2. The van der Waals surface area contributed by atoms with Gasteiger partial charge >= 0.3 is 5.96 Å². The van der Waals surface area contributed by atoms with Gasteiger partial charge in [0.15, 0.2) is 6.29 Å². The highest BCUT2D eigenvalue weighted by atomic mass is 16.7. The standard InChI is InChI=1S/C40H69N5O11/c1-43-39(42)45-17-24-22(9-8-20-6-4-3-5-7-20)15-23-31(34(24)49)35(50)32-27(16-26(54-2)25(18-46)30(32)33(23)48)55-38-36(51)37(52)40(53,28(19-47)56-38)12-10-21-11-13-44-29(41)14-21/h20-32,34,36-38,44,46-47,49,51-53H,3-19,41H2,1-2H3,(H3,42,43,45)/p+2/t21?,22?,23?,24?,25?,26?,27?,28-,29?,30?,31?,32?,34?,36-,37-,38+,40-/m1/s1. The molecule has 16 nitrogen and oxygen atoms in total. The van der Waals surface area contributed by atoms with Crippen molar-refractivity contribution in [3.63, 3.8) is 0 Å². The maximum Gasteiger partial charge on any atom is 0.340 e. The normalized spacial score (nSPS) is 45.3. The largest absolute Gasteiger partial charge is 0.396 e. The highest BCUT2D eigenvalue weighted by Gasteiger charge is 2.64. The van der Waals surface area contributed by atoms with Crippen molar-refractivity contribution in [3.8, 4) is 0 Å². The smallest absolute Gasteiger partial charge is 0.340 e. The van der Waals surface area contributed by atoms with E-state index in [-0.39, 0.29) is 48.3 Å². The quantitative estimate of drug-likeness (QED) is 0.0631. The minimum Gasteiger partial charge on any atom is -0.396 e. The Kier molecular flexibility index (Phi) is 14.9. The Balaban J connectivity index is 1.24. The number of nitrogens with two attached hydrogens (primary N) is 3. The van der Waals surface area contributed by atoms with Crippen LogP contribution in [-0.2, 0) is 23.8 Å². The summed E-state index contributed by atoms with van der Waals surface area (Å²) in [5, 5.41) is 73.1. The van der Waals surface area contributed by atoms with Gasteiger partial charge in [-0.25, -0.2) is 0 Å². The summed E-state index contributed by atoms with van der Waals surface area (Å²) in [6.45, 7) is 0.0655. The van der Waals surface area contributed by atoms with Crippen LogP contribution in [0.25, 0.3) is 0 Å². The first-order valence-electron chi connectivity index (χ1n) is 21.4. The first-order chi connectivity index (χ1) is 26.9. The average Bonchev–Trinajstić information content (AvgIpc) is 3.20. The summed E-state index contributed by atoms with van der Waals surface area (Å²) >= 11 is 0. The lowest BCUT2D eigenvalue weighted by Gasteiger charge is -2.55. The van der Waals surface area contributed by atoms with Gasteiger partial charge in [0.2, 0.25) is 0 Å². The fourth-order valence-electron chi connectivity index (χ4n) is 11.7. The number of fused-ring (bicyclic) bond motifs is 2. The molecular formula is C40H71N5O11+2. The Morgan fingerprint density at radius 2 is 1.66 bits per heavy atom. The van der Waals surface area contributed by atoms with Crippen LogP contribution in [0.15, 0.2) is 0 Å². The number of Topliss-reactive ketones (excluding diaryl/α,β-unsaturated/α-hetero) is 2. The number of quaternary nitrogens is 1. The van der Waals surface area contributed by atoms with Crippen molar-refractivity contribution >= 4 is 17.5 Å². The first kappa shape index (κ1) is 43.7. The fraction of sp³-hybridized carbons (Fsp3) is 0.925. The van der Waals surface area contributed by atoms with E-state index < -0.39 is 91.3 Å². The van der Waals surface area contributed by atoms with Gasteiger partial charge in [0.1, 0.15) is 41.6 Å². The molecule has 0 radical (unpaired) electrons. The Morgan fingerprint density at radius 3 is 2.32 bits per heavy atom. The van der Waals surface area contributed by atoms with Crippen LogP contribution in [0.1, 0.15) is 83.5 Å². The summed E-state index contributed by atoms with van der Waals surface area (Å²) in [7, 11) is 3.16. The summed E-state index contributed by atoms with van der Waals surface area (Å²) in [5.74, 6) is -4.45. The summed E-state index contributed by atoms with van der Waals surface area (Å²) in [4.78, 5) is 32.6. The molecule has 6 aliphatic rings. The molecule has 4 saturated carbocycles. The number of aliphatic hydroxyl groups excluding tert-OH is 5. The van der Waals surface area contributed by atoms with E-state index in [0.29, 0.717) is 31.3 Å². The van der Waals surface area contributed by atoms with Crippen LogP contribution in [0.4, 0.5) is 0 Å². The number of rotatable bonds is 13. The Hall–Kier alpha value is -1.83. The van der Waals surface area contributed by atoms with Crippen LogP contribution in [0, 0.1) is 53.3 Å². The number of methoxy groups -OCH3 is 1. The van der Waals surface area contributed by atoms with Crippen LogP contribution in [0.3, 0.4) is 0 Å². The van der Waals surface area contributed by atoms with Crippen LogP contribution < -0.4 is 27.1 Å². The van der Waals surface area contributed by atoms with E-state index in [1.54, 1.807) is 7.05 Å². The molecule has 2 saturated heterocycles. The molecule has 6 rings (SSSR count). The lowest BCUT2D eigenvalue weighted by atomic mass is 9.51. The minimum atomic E-state index is -1.99. The molecule has 0 spiro atoms. The van der Waals surface area contributed by atoms with E-state index in [4.69, 9.17) is 25.7 Å². The van der Waals surface area contributed by atoms with Crippen LogP contribution >= 0.6 is 0 Å².